The highest BCUT2D eigenvalue weighted by molar-refractivity contribution is 7.89. The minimum absolute atomic E-state index is 0.0646. The van der Waals surface area contributed by atoms with Crippen molar-refractivity contribution in [3.05, 3.63) is 53.3 Å². The van der Waals surface area contributed by atoms with E-state index in [0.29, 0.717) is 46.3 Å². The monoisotopic (exact) mass is 552 g/mol. The maximum Gasteiger partial charge on any atom is 0.243 e. The third kappa shape index (κ3) is 5.89. The minimum atomic E-state index is -3.65. The van der Waals surface area contributed by atoms with Crippen LogP contribution in [0.5, 0.6) is 0 Å². The Morgan fingerprint density at radius 2 is 1.78 bits per heavy atom. The molecule has 36 heavy (non-hydrogen) atoms. The van der Waals surface area contributed by atoms with Crippen molar-refractivity contribution in [2.24, 2.45) is 5.92 Å². The van der Waals surface area contributed by atoms with Gasteiger partial charge in [0.05, 0.1) is 15.1 Å². The topological polar surface area (TPSA) is 73.8 Å². The second-order valence-electron chi connectivity index (χ2n) is 8.76. The number of fused-ring (bicyclic) bond motifs is 1. The average molecular weight is 553 g/mol. The molecule has 1 amide bonds. The molecule has 3 aromatic rings. The van der Waals surface area contributed by atoms with E-state index >= 15 is 0 Å². The van der Waals surface area contributed by atoms with Crippen molar-refractivity contribution in [2.75, 3.05) is 44.2 Å². The van der Waals surface area contributed by atoms with E-state index in [9.17, 15) is 17.6 Å². The normalized spacial score (nSPS) is 15.6. The fourth-order valence-electron chi connectivity index (χ4n) is 4.40. The van der Waals surface area contributed by atoms with Gasteiger partial charge in [0.25, 0.3) is 0 Å². The van der Waals surface area contributed by atoms with Crippen LogP contribution in [0.4, 0.5) is 9.52 Å². The molecule has 0 unspecified atom stereocenters. The molecule has 0 bridgehead atoms. The Balaban J connectivity index is 1.51. The molecular weight excluding hydrogens is 523 g/mol. The molecule has 1 aliphatic rings. The molecule has 0 aliphatic carbocycles. The molecule has 1 saturated heterocycles. The average Bonchev–Trinajstić information content (AvgIpc) is 3.29. The first-order valence-corrected chi connectivity index (χ1v) is 14.7. The number of piperidine rings is 1. The van der Waals surface area contributed by atoms with Gasteiger partial charge in [0.2, 0.25) is 15.9 Å². The van der Waals surface area contributed by atoms with Gasteiger partial charge in [-0.2, -0.15) is 4.31 Å². The van der Waals surface area contributed by atoms with E-state index < -0.39 is 10.0 Å². The fraction of sp³-hybridized carbons (Fsp3) is 0.440. The Labute approximate surface area is 220 Å². The third-order valence-electron chi connectivity index (χ3n) is 6.62. The maximum atomic E-state index is 13.7. The van der Waals surface area contributed by atoms with Gasteiger partial charge in [-0.1, -0.05) is 36.8 Å². The second-order valence-corrected chi connectivity index (χ2v) is 12.1. The van der Waals surface area contributed by atoms with Gasteiger partial charge in [-0.15, -0.1) is 0 Å². The van der Waals surface area contributed by atoms with Gasteiger partial charge < -0.3 is 4.90 Å². The largest absolute Gasteiger partial charge is 0.302 e. The van der Waals surface area contributed by atoms with Crippen LogP contribution in [0.15, 0.2) is 47.4 Å². The number of carbonyl (C=O) groups excluding carboxylic acids is 1. The molecule has 2 heterocycles. The van der Waals surface area contributed by atoms with Crippen molar-refractivity contribution in [3.8, 4) is 0 Å². The Kier molecular flexibility index (Phi) is 8.62. The predicted octanol–water partition coefficient (Wildman–Crippen LogP) is 4.86. The summed E-state index contributed by atoms with van der Waals surface area (Å²) in [5, 5.41) is 1.02. The summed E-state index contributed by atoms with van der Waals surface area (Å²) in [4.78, 5) is 22.5. The van der Waals surface area contributed by atoms with E-state index in [-0.39, 0.29) is 35.6 Å². The van der Waals surface area contributed by atoms with Crippen molar-refractivity contribution >= 4 is 54.2 Å². The molecule has 0 radical (unpaired) electrons. The number of rotatable bonds is 9. The van der Waals surface area contributed by atoms with Crippen molar-refractivity contribution in [1.82, 2.24) is 14.2 Å². The third-order valence-corrected chi connectivity index (χ3v) is 9.83. The summed E-state index contributed by atoms with van der Waals surface area (Å²) in [7, 11) is -3.65. The maximum absolute atomic E-state index is 13.7. The van der Waals surface area contributed by atoms with Gasteiger partial charge in [-0.3, -0.25) is 9.69 Å². The lowest BCUT2D eigenvalue weighted by molar-refractivity contribution is -0.123. The van der Waals surface area contributed by atoms with E-state index in [2.05, 4.69) is 23.7 Å². The van der Waals surface area contributed by atoms with Crippen LogP contribution in [0.2, 0.25) is 5.02 Å². The first kappa shape index (κ1) is 26.9. The molecular formula is C25H30ClFN4O3S2. The molecule has 7 nitrogen and oxygen atoms in total. The van der Waals surface area contributed by atoms with Crippen molar-refractivity contribution < 1.29 is 17.6 Å². The number of halogens is 2. The van der Waals surface area contributed by atoms with Crippen LogP contribution in [0, 0.1) is 11.7 Å². The molecule has 1 aromatic heterocycles. The lowest BCUT2D eigenvalue weighted by atomic mass is 9.96. The van der Waals surface area contributed by atoms with Crippen LogP contribution in [0.25, 0.3) is 10.2 Å². The van der Waals surface area contributed by atoms with Gasteiger partial charge in [0, 0.05) is 37.1 Å². The van der Waals surface area contributed by atoms with E-state index in [1.807, 2.05) is 0 Å². The van der Waals surface area contributed by atoms with Crippen molar-refractivity contribution in [2.45, 2.75) is 31.6 Å². The quantitative estimate of drug-likeness (QED) is 0.379. The smallest absolute Gasteiger partial charge is 0.243 e. The number of carbonyl (C=O) groups is 1. The Morgan fingerprint density at radius 3 is 2.42 bits per heavy atom. The summed E-state index contributed by atoms with van der Waals surface area (Å²) in [6.07, 6.45) is 0.847. The summed E-state index contributed by atoms with van der Waals surface area (Å²) < 4.78 is 42.0. The zero-order valence-corrected chi connectivity index (χ0v) is 22.8. The van der Waals surface area contributed by atoms with Gasteiger partial charge in [0.1, 0.15) is 5.82 Å². The van der Waals surface area contributed by atoms with Crippen LogP contribution in [-0.2, 0) is 14.8 Å². The summed E-state index contributed by atoms with van der Waals surface area (Å²) in [6.45, 7) is 7.56. The number of aromatic nitrogens is 1. The van der Waals surface area contributed by atoms with Crippen molar-refractivity contribution in [3.63, 3.8) is 0 Å². The van der Waals surface area contributed by atoms with Gasteiger partial charge in [0.15, 0.2) is 5.13 Å². The summed E-state index contributed by atoms with van der Waals surface area (Å²) >= 11 is 7.20. The lowest BCUT2D eigenvalue weighted by Crippen LogP contribution is -2.46. The number of hydrogen-bond acceptors (Lipinski definition) is 6. The predicted molar refractivity (Wildman–Crippen MR) is 143 cm³/mol. The molecule has 0 spiro atoms. The van der Waals surface area contributed by atoms with E-state index in [4.69, 9.17) is 11.6 Å². The fourth-order valence-corrected chi connectivity index (χ4v) is 7.02. The van der Waals surface area contributed by atoms with Gasteiger partial charge >= 0.3 is 0 Å². The Bertz CT molecular complexity index is 1300. The first-order chi connectivity index (χ1) is 17.2. The molecule has 0 N–H and O–H groups in total. The number of thiazole rings is 1. The van der Waals surface area contributed by atoms with Crippen LogP contribution in [-0.4, -0.2) is 67.8 Å². The molecule has 0 saturated carbocycles. The SMILES string of the molecule is CCN(CC)CCN(C(=O)C1CCN(S(=O)(=O)c2ccc(Cl)cc2)CC1)c1nc2ccc(F)cc2s1. The molecule has 2 aromatic carbocycles. The summed E-state index contributed by atoms with van der Waals surface area (Å²) in [5.41, 5.74) is 0.654. The van der Waals surface area contributed by atoms with Crippen LogP contribution in [0.3, 0.4) is 0 Å². The lowest BCUT2D eigenvalue weighted by Gasteiger charge is -2.33. The van der Waals surface area contributed by atoms with Crippen LogP contribution < -0.4 is 4.90 Å². The Hall–Kier alpha value is -2.11. The molecule has 11 heteroatoms. The number of nitrogens with zero attached hydrogens (tertiary/aromatic N) is 4. The van der Waals surface area contributed by atoms with Gasteiger partial charge in [-0.25, -0.2) is 17.8 Å². The number of hydrogen-bond donors (Lipinski definition) is 0. The number of benzene rings is 2. The van der Waals surface area contributed by atoms with E-state index in [1.54, 1.807) is 23.1 Å². The molecule has 4 rings (SSSR count). The molecule has 1 aliphatic heterocycles. The number of sulfonamides is 1. The number of anilines is 1. The molecule has 1 fully saturated rings. The summed E-state index contributed by atoms with van der Waals surface area (Å²) in [5.74, 6) is -0.722. The summed E-state index contributed by atoms with van der Waals surface area (Å²) in [6, 6.07) is 10.5. The number of amides is 1. The van der Waals surface area contributed by atoms with Crippen molar-refractivity contribution in [1.29, 1.82) is 0 Å². The molecule has 194 valence electrons. The van der Waals surface area contributed by atoms with Gasteiger partial charge in [-0.05, 0) is 68.4 Å². The zero-order valence-electron chi connectivity index (χ0n) is 20.4. The minimum Gasteiger partial charge on any atom is -0.302 e. The standard InChI is InChI=1S/C25H30ClFN4O3S2/c1-3-29(4-2)15-16-31(25-28-22-10-7-20(27)17-23(22)35-25)24(32)18-11-13-30(14-12-18)36(33,34)21-8-5-19(26)6-9-21/h5-10,17-18H,3-4,11-16H2,1-2H3. The first-order valence-electron chi connectivity index (χ1n) is 12.1. The highest BCUT2D eigenvalue weighted by Crippen LogP contribution is 2.32. The second kappa shape index (κ2) is 11.5. The molecule has 0 atom stereocenters. The zero-order chi connectivity index (χ0) is 25.9. The van der Waals surface area contributed by atoms with E-state index in [1.165, 1.54) is 39.9 Å². The Morgan fingerprint density at radius 1 is 1.11 bits per heavy atom. The number of likely N-dealkylation sites (N-methyl/N-ethyl adjacent to an activating group) is 1. The highest BCUT2D eigenvalue weighted by atomic mass is 35.5. The highest BCUT2D eigenvalue weighted by Gasteiger charge is 2.35. The van der Waals surface area contributed by atoms with E-state index in [0.717, 1.165) is 13.1 Å². The van der Waals surface area contributed by atoms with Crippen LogP contribution >= 0.6 is 22.9 Å². The van der Waals surface area contributed by atoms with Crippen LogP contribution in [0.1, 0.15) is 26.7 Å².